The van der Waals surface area contributed by atoms with E-state index in [-0.39, 0.29) is 12.2 Å². The second-order valence-electron chi connectivity index (χ2n) is 9.39. The molecule has 1 aromatic heterocycles. The minimum Gasteiger partial charge on any atom is -0.496 e. The summed E-state index contributed by atoms with van der Waals surface area (Å²) in [5.74, 6) is 0.216. The van der Waals surface area contributed by atoms with E-state index < -0.39 is 12.0 Å². The van der Waals surface area contributed by atoms with Gasteiger partial charge in [0.15, 0.2) is 4.80 Å². The number of aromatic nitrogens is 1. The summed E-state index contributed by atoms with van der Waals surface area (Å²) in [4.78, 5) is 36.5. The fourth-order valence-electron chi connectivity index (χ4n) is 4.81. The average molecular weight is 549 g/mol. The van der Waals surface area contributed by atoms with Crippen molar-refractivity contribution in [2.45, 2.75) is 33.7 Å². The van der Waals surface area contributed by atoms with Gasteiger partial charge in [-0.25, -0.2) is 9.79 Å². The van der Waals surface area contributed by atoms with Crippen molar-refractivity contribution in [2.24, 2.45) is 4.99 Å². The molecule has 0 aliphatic carbocycles. The fraction of sp³-hybridized carbons (Fsp3) is 0.367. The molecule has 1 aliphatic rings. The summed E-state index contributed by atoms with van der Waals surface area (Å²) < 4.78 is 13.2. The third-order valence-electron chi connectivity index (χ3n) is 6.87. The van der Waals surface area contributed by atoms with Crippen molar-refractivity contribution >= 4 is 34.8 Å². The molecular formula is C30H36N4O4S. The van der Waals surface area contributed by atoms with Crippen molar-refractivity contribution in [1.29, 1.82) is 0 Å². The predicted octanol–water partition coefficient (Wildman–Crippen LogP) is 3.72. The summed E-state index contributed by atoms with van der Waals surface area (Å²) in [6, 6.07) is 13.2. The molecule has 0 spiro atoms. The van der Waals surface area contributed by atoms with Gasteiger partial charge in [0.25, 0.3) is 5.56 Å². The van der Waals surface area contributed by atoms with Crippen LogP contribution in [-0.4, -0.2) is 51.4 Å². The number of methoxy groups -OCH3 is 1. The lowest BCUT2D eigenvalue weighted by molar-refractivity contribution is -0.139. The maximum absolute atomic E-state index is 13.9. The normalized spacial score (nSPS) is 15.1. The molecule has 3 aromatic rings. The Morgan fingerprint density at radius 2 is 1.74 bits per heavy atom. The maximum atomic E-state index is 13.9. The molecule has 1 aliphatic heterocycles. The Hall–Kier alpha value is -3.85. The van der Waals surface area contributed by atoms with E-state index in [2.05, 4.69) is 23.7 Å². The zero-order chi connectivity index (χ0) is 28.3. The van der Waals surface area contributed by atoms with E-state index in [1.165, 1.54) is 11.3 Å². The lowest BCUT2D eigenvalue weighted by Gasteiger charge is -2.25. The smallest absolute Gasteiger partial charge is 0.338 e. The molecule has 0 fully saturated rings. The van der Waals surface area contributed by atoms with Gasteiger partial charge in [0.05, 0.1) is 35.6 Å². The number of carbonyl (C=O) groups excluding carboxylic acids is 1. The third kappa shape index (κ3) is 5.49. The van der Waals surface area contributed by atoms with Gasteiger partial charge in [-0.1, -0.05) is 23.5 Å². The highest BCUT2D eigenvalue weighted by molar-refractivity contribution is 7.07. The number of rotatable bonds is 9. The first kappa shape index (κ1) is 28.2. The highest BCUT2D eigenvalue weighted by Crippen LogP contribution is 2.32. The number of benzene rings is 2. The molecule has 206 valence electrons. The first-order chi connectivity index (χ1) is 18.7. The monoisotopic (exact) mass is 548 g/mol. The van der Waals surface area contributed by atoms with Crippen LogP contribution in [0.25, 0.3) is 6.08 Å². The number of nitrogens with zero attached hydrogens (tertiary/aromatic N) is 4. The zero-order valence-electron chi connectivity index (χ0n) is 23.6. The Balaban J connectivity index is 1.89. The number of allylic oxidation sites excluding steroid dienone is 1. The topological polar surface area (TPSA) is 76.4 Å². The minimum atomic E-state index is -0.648. The number of anilines is 2. The van der Waals surface area contributed by atoms with Crippen molar-refractivity contribution in [1.82, 2.24) is 4.57 Å². The number of carbonyl (C=O) groups is 1. The van der Waals surface area contributed by atoms with Gasteiger partial charge in [0, 0.05) is 50.2 Å². The largest absolute Gasteiger partial charge is 0.496 e. The number of hydrogen-bond acceptors (Lipinski definition) is 8. The van der Waals surface area contributed by atoms with Crippen LogP contribution in [0.3, 0.4) is 0 Å². The Bertz CT molecular complexity index is 1560. The van der Waals surface area contributed by atoms with Gasteiger partial charge in [0.2, 0.25) is 0 Å². The maximum Gasteiger partial charge on any atom is 0.338 e. The summed E-state index contributed by atoms with van der Waals surface area (Å²) in [5, 5.41) is 0. The molecular weight excluding hydrogens is 512 g/mol. The number of ether oxygens (including phenoxy) is 2. The van der Waals surface area contributed by atoms with Crippen molar-refractivity contribution < 1.29 is 14.3 Å². The summed E-state index contributed by atoms with van der Waals surface area (Å²) in [6.07, 6.45) is 1.84. The van der Waals surface area contributed by atoms with Crippen LogP contribution < -0.4 is 29.4 Å². The molecule has 0 bridgehead atoms. The van der Waals surface area contributed by atoms with E-state index in [0.717, 1.165) is 35.6 Å². The Kier molecular flexibility index (Phi) is 8.60. The predicted molar refractivity (Wildman–Crippen MR) is 158 cm³/mol. The fourth-order valence-corrected chi connectivity index (χ4v) is 5.84. The molecule has 0 saturated carbocycles. The van der Waals surface area contributed by atoms with Gasteiger partial charge in [-0.2, -0.15) is 0 Å². The van der Waals surface area contributed by atoms with Gasteiger partial charge < -0.3 is 19.3 Å². The summed E-state index contributed by atoms with van der Waals surface area (Å²) >= 11 is 1.30. The quantitative estimate of drug-likeness (QED) is 0.380. The lowest BCUT2D eigenvalue weighted by atomic mass is 9.95. The van der Waals surface area contributed by atoms with Gasteiger partial charge in [-0.05, 0) is 63.6 Å². The van der Waals surface area contributed by atoms with E-state index in [9.17, 15) is 9.59 Å². The Morgan fingerprint density at radius 3 is 2.33 bits per heavy atom. The van der Waals surface area contributed by atoms with Crippen molar-refractivity contribution in [3.05, 3.63) is 84.5 Å². The van der Waals surface area contributed by atoms with Crippen LogP contribution in [0.1, 0.15) is 44.9 Å². The number of thiazole rings is 1. The number of esters is 1. The van der Waals surface area contributed by atoms with Crippen LogP contribution in [0.15, 0.2) is 63.5 Å². The van der Waals surface area contributed by atoms with Crippen LogP contribution in [0, 0.1) is 0 Å². The number of fused-ring (bicyclic) bond motifs is 1. The van der Waals surface area contributed by atoms with E-state index in [1.54, 1.807) is 25.5 Å². The van der Waals surface area contributed by atoms with Crippen molar-refractivity contribution in [3.8, 4) is 5.75 Å². The molecule has 1 unspecified atom stereocenters. The molecule has 2 heterocycles. The van der Waals surface area contributed by atoms with E-state index in [1.807, 2.05) is 67.5 Å². The molecule has 0 amide bonds. The molecule has 39 heavy (non-hydrogen) atoms. The third-order valence-corrected chi connectivity index (χ3v) is 7.86. The van der Waals surface area contributed by atoms with Gasteiger partial charge in [-0.3, -0.25) is 9.36 Å². The molecule has 4 rings (SSSR count). The Labute approximate surface area is 233 Å². The van der Waals surface area contributed by atoms with Crippen LogP contribution in [-0.2, 0) is 9.53 Å². The van der Waals surface area contributed by atoms with Gasteiger partial charge in [0.1, 0.15) is 5.75 Å². The first-order valence-corrected chi connectivity index (χ1v) is 14.0. The van der Waals surface area contributed by atoms with E-state index >= 15 is 0 Å². The Morgan fingerprint density at radius 1 is 1.08 bits per heavy atom. The molecule has 9 heteroatoms. The van der Waals surface area contributed by atoms with Gasteiger partial charge in [-0.15, -0.1) is 0 Å². The second kappa shape index (κ2) is 11.9. The summed E-state index contributed by atoms with van der Waals surface area (Å²) in [7, 11) is 5.57. The molecule has 8 nitrogen and oxygen atoms in total. The summed E-state index contributed by atoms with van der Waals surface area (Å²) in [5.41, 5.74) is 4.39. The van der Waals surface area contributed by atoms with Crippen LogP contribution in [0.2, 0.25) is 0 Å². The second-order valence-corrected chi connectivity index (χ2v) is 10.4. The molecule has 1 atom stereocenters. The molecule has 0 N–H and O–H groups in total. The average Bonchev–Trinajstić information content (AvgIpc) is 3.23. The molecule has 0 radical (unpaired) electrons. The van der Waals surface area contributed by atoms with Crippen LogP contribution in [0.4, 0.5) is 11.4 Å². The van der Waals surface area contributed by atoms with E-state index in [4.69, 9.17) is 9.47 Å². The molecule has 0 saturated heterocycles. The van der Waals surface area contributed by atoms with Crippen LogP contribution >= 0.6 is 11.3 Å². The zero-order valence-corrected chi connectivity index (χ0v) is 24.5. The SMILES string of the molecule is CCOC(=O)C1=C(C)N=c2s/c(=C/c3ccc(N(CC)CC)cc3OC)c(=O)n2C1c1ccc(N(C)C)cc1. The summed E-state index contributed by atoms with van der Waals surface area (Å²) in [6.45, 7) is 9.78. The minimum absolute atomic E-state index is 0.218. The van der Waals surface area contributed by atoms with Gasteiger partial charge >= 0.3 is 5.97 Å². The lowest BCUT2D eigenvalue weighted by Crippen LogP contribution is -2.40. The highest BCUT2D eigenvalue weighted by atomic mass is 32.1. The number of hydrogen-bond donors (Lipinski definition) is 0. The first-order valence-electron chi connectivity index (χ1n) is 13.1. The molecule has 2 aromatic carbocycles. The standard InChI is InChI=1S/C30H36N4O4S/c1-8-33(9-2)23-16-13-21(24(18-23)37-7)17-25-28(35)34-27(20-11-14-22(15-12-20)32(5)6)26(29(36)38-10-3)19(4)31-30(34)39-25/h11-18,27H,8-10H2,1-7H3/b25-17+. The van der Waals surface area contributed by atoms with Crippen LogP contribution in [0.5, 0.6) is 5.75 Å². The van der Waals surface area contributed by atoms with Crippen molar-refractivity contribution in [3.63, 3.8) is 0 Å². The highest BCUT2D eigenvalue weighted by Gasteiger charge is 2.33. The van der Waals surface area contributed by atoms with E-state index in [0.29, 0.717) is 26.4 Å². The van der Waals surface area contributed by atoms with Crippen molar-refractivity contribution in [2.75, 3.05) is 50.7 Å².